The van der Waals surface area contributed by atoms with E-state index in [1.165, 1.54) is 40.9 Å². The number of fused-ring (bicyclic) bond motifs is 4. The first kappa shape index (κ1) is 28.5. The van der Waals surface area contributed by atoms with E-state index in [2.05, 4.69) is 0 Å². The van der Waals surface area contributed by atoms with Gasteiger partial charge in [0.25, 0.3) is 0 Å². The number of carbonyl (C=O) groups excluding carboxylic acids is 4. The Labute approximate surface area is 221 Å². The summed E-state index contributed by atoms with van der Waals surface area (Å²) in [4.78, 5) is 49.4. The minimum atomic E-state index is -1.83. The van der Waals surface area contributed by atoms with Crippen molar-refractivity contribution in [1.29, 1.82) is 0 Å². The van der Waals surface area contributed by atoms with Gasteiger partial charge in [-0.2, -0.15) is 0 Å². The fourth-order valence-corrected chi connectivity index (χ4v) is 8.24. The van der Waals surface area contributed by atoms with Gasteiger partial charge in [-0.1, -0.05) is 20.8 Å². The second kappa shape index (κ2) is 8.76. The lowest BCUT2D eigenvalue weighted by Gasteiger charge is -2.71. The number of hydrogen-bond donors (Lipinski definition) is 2. The van der Waals surface area contributed by atoms with Crippen LogP contribution in [0, 0.1) is 22.7 Å². The fourth-order valence-electron chi connectivity index (χ4n) is 8.24. The molecule has 9 atom stereocenters. The van der Waals surface area contributed by atoms with Crippen LogP contribution in [0.4, 0.5) is 0 Å². The molecule has 0 amide bonds. The lowest BCUT2D eigenvalue weighted by molar-refractivity contribution is -0.354. The van der Waals surface area contributed by atoms with Crippen LogP contribution in [0.2, 0.25) is 0 Å². The fraction of sp³-hybridized carbons (Fsp3) is 0.778. The smallest absolute Gasteiger partial charge is 0.333 e. The van der Waals surface area contributed by atoms with Crippen molar-refractivity contribution in [3.63, 3.8) is 0 Å². The molecule has 3 saturated carbocycles. The van der Waals surface area contributed by atoms with E-state index in [1.807, 2.05) is 0 Å². The molecule has 3 aliphatic carbocycles. The molecule has 212 valence electrons. The molecule has 4 aliphatic rings. The van der Waals surface area contributed by atoms with Crippen molar-refractivity contribution in [1.82, 2.24) is 0 Å². The number of hydrogen-bond acceptors (Lipinski definition) is 11. The average molecular weight is 539 g/mol. The highest BCUT2D eigenvalue weighted by atomic mass is 16.7. The van der Waals surface area contributed by atoms with E-state index in [1.54, 1.807) is 20.8 Å². The summed E-state index contributed by atoms with van der Waals surface area (Å²) in [6.45, 7) is 10.5. The van der Waals surface area contributed by atoms with Gasteiger partial charge < -0.3 is 33.9 Å². The van der Waals surface area contributed by atoms with Crippen molar-refractivity contribution >= 4 is 23.9 Å². The van der Waals surface area contributed by atoms with Crippen molar-refractivity contribution < 1.29 is 53.1 Å². The van der Waals surface area contributed by atoms with Crippen LogP contribution in [-0.4, -0.2) is 76.5 Å². The van der Waals surface area contributed by atoms with Gasteiger partial charge in [-0.15, -0.1) is 0 Å². The summed E-state index contributed by atoms with van der Waals surface area (Å²) in [5.74, 6) is -5.63. The van der Waals surface area contributed by atoms with Crippen LogP contribution < -0.4 is 0 Å². The Morgan fingerprint density at radius 3 is 2.03 bits per heavy atom. The zero-order valence-corrected chi connectivity index (χ0v) is 23.2. The summed E-state index contributed by atoms with van der Waals surface area (Å²) in [7, 11) is 1.36. The van der Waals surface area contributed by atoms with E-state index < -0.39 is 81.8 Å². The Balaban J connectivity index is 2.02. The molecular weight excluding hydrogens is 500 g/mol. The SMILES string of the molecule is CO[C@@]12C[C@H]3[C@@H](C[C@H](OC(C)=O)[C@@]4(O)C(C)(C)C[C@H](OC(C)=O)[C@H](OC(C)=O)[C@]34C)[C@](C)(O)C1=CC(=O)O2. The first-order valence-corrected chi connectivity index (χ1v) is 12.8. The predicted octanol–water partition coefficient (Wildman–Crippen LogP) is 1.57. The van der Waals surface area contributed by atoms with E-state index in [4.69, 9.17) is 23.7 Å². The molecule has 38 heavy (non-hydrogen) atoms. The van der Waals surface area contributed by atoms with Gasteiger partial charge in [0.05, 0.1) is 5.60 Å². The maximum Gasteiger partial charge on any atom is 0.333 e. The molecule has 0 aromatic rings. The minimum absolute atomic E-state index is 0.00806. The van der Waals surface area contributed by atoms with Crippen molar-refractivity contribution in [2.24, 2.45) is 22.7 Å². The Morgan fingerprint density at radius 2 is 1.50 bits per heavy atom. The molecule has 0 spiro atoms. The molecule has 2 N–H and O–H groups in total. The van der Waals surface area contributed by atoms with Crippen LogP contribution >= 0.6 is 0 Å². The number of methoxy groups -OCH3 is 1. The lowest BCUT2D eigenvalue weighted by atomic mass is 9.38. The largest absolute Gasteiger partial charge is 0.459 e. The highest BCUT2D eigenvalue weighted by molar-refractivity contribution is 5.87. The van der Waals surface area contributed by atoms with Crippen LogP contribution in [0.3, 0.4) is 0 Å². The number of esters is 4. The minimum Gasteiger partial charge on any atom is -0.459 e. The number of carbonyl (C=O) groups is 4. The summed E-state index contributed by atoms with van der Waals surface area (Å²) < 4.78 is 28.6. The standard InChI is InChI=1S/C27H38O11/c1-13(28)35-18-12-23(4,5)27(33)20(36-14(2)29)9-16-17(24(27,6)22(18)37-15(3)30)11-26(34-8)19(25(16,7)32)10-21(31)38-26/h10,16-18,20,22,32-33H,9,11-12H2,1-8H3/t16-,17+,18+,20+,22+,24+,25+,26-,27-/m1/s1. The molecule has 0 radical (unpaired) electrons. The quantitative estimate of drug-likeness (QED) is 0.396. The maximum atomic E-state index is 12.8. The zero-order chi connectivity index (χ0) is 28.6. The van der Waals surface area contributed by atoms with Gasteiger partial charge in [0, 0.05) is 56.8 Å². The second-order valence-electron chi connectivity index (χ2n) is 12.1. The molecule has 0 unspecified atom stereocenters. The molecule has 4 rings (SSSR count). The van der Waals surface area contributed by atoms with Gasteiger partial charge in [-0.25, -0.2) is 4.79 Å². The van der Waals surface area contributed by atoms with Gasteiger partial charge in [-0.05, 0) is 31.6 Å². The van der Waals surface area contributed by atoms with Gasteiger partial charge in [-0.3, -0.25) is 14.4 Å². The first-order chi connectivity index (χ1) is 17.4. The van der Waals surface area contributed by atoms with Crippen molar-refractivity contribution in [3.05, 3.63) is 11.6 Å². The molecule has 1 aliphatic heterocycles. The van der Waals surface area contributed by atoms with Gasteiger partial charge in [0.1, 0.15) is 23.9 Å². The third kappa shape index (κ3) is 3.72. The third-order valence-corrected chi connectivity index (χ3v) is 9.63. The number of ether oxygens (including phenoxy) is 5. The third-order valence-electron chi connectivity index (χ3n) is 9.63. The van der Waals surface area contributed by atoms with E-state index in [-0.39, 0.29) is 24.8 Å². The molecule has 11 heteroatoms. The summed E-state index contributed by atoms with van der Waals surface area (Å²) in [6.07, 6.45) is -1.92. The van der Waals surface area contributed by atoms with Crippen LogP contribution in [0.5, 0.6) is 0 Å². The Kier molecular flexibility index (Phi) is 6.57. The Morgan fingerprint density at radius 1 is 0.921 bits per heavy atom. The van der Waals surface area contributed by atoms with Crippen molar-refractivity contribution in [2.45, 2.75) is 103 Å². The molecule has 11 nitrogen and oxygen atoms in total. The zero-order valence-electron chi connectivity index (χ0n) is 23.2. The lowest BCUT2D eigenvalue weighted by Crippen LogP contribution is -2.81. The topological polar surface area (TPSA) is 155 Å². The predicted molar refractivity (Wildman–Crippen MR) is 129 cm³/mol. The van der Waals surface area contributed by atoms with E-state index in [0.717, 1.165) is 0 Å². The highest BCUT2D eigenvalue weighted by Crippen LogP contribution is 2.70. The molecule has 0 saturated heterocycles. The average Bonchev–Trinajstić information content (AvgIpc) is 3.12. The monoisotopic (exact) mass is 538 g/mol. The first-order valence-electron chi connectivity index (χ1n) is 12.8. The van der Waals surface area contributed by atoms with Crippen LogP contribution in [0.1, 0.15) is 67.7 Å². The maximum absolute atomic E-state index is 12.8. The van der Waals surface area contributed by atoms with E-state index >= 15 is 0 Å². The van der Waals surface area contributed by atoms with Crippen molar-refractivity contribution in [3.8, 4) is 0 Å². The molecule has 0 aromatic carbocycles. The summed E-state index contributed by atoms with van der Waals surface area (Å²) in [6, 6.07) is 0. The van der Waals surface area contributed by atoms with Gasteiger partial charge in [0.2, 0.25) is 5.79 Å². The summed E-state index contributed by atoms with van der Waals surface area (Å²) >= 11 is 0. The normalized spacial score (nSPS) is 44.9. The molecule has 1 heterocycles. The van der Waals surface area contributed by atoms with Gasteiger partial charge >= 0.3 is 23.9 Å². The number of aliphatic hydroxyl groups is 2. The van der Waals surface area contributed by atoms with Crippen LogP contribution in [-0.2, 0) is 42.9 Å². The van der Waals surface area contributed by atoms with E-state index in [0.29, 0.717) is 0 Å². The molecular formula is C27H38O11. The second-order valence-corrected chi connectivity index (χ2v) is 12.1. The van der Waals surface area contributed by atoms with Crippen molar-refractivity contribution in [2.75, 3.05) is 7.11 Å². The van der Waals surface area contributed by atoms with Gasteiger partial charge in [0.15, 0.2) is 0 Å². The van der Waals surface area contributed by atoms with Crippen LogP contribution in [0.15, 0.2) is 11.6 Å². The molecule has 3 fully saturated rings. The molecule has 0 aromatic heterocycles. The Hall–Kier alpha value is -2.50. The highest BCUT2D eigenvalue weighted by Gasteiger charge is 2.79. The Bertz CT molecular complexity index is 1090. The van der Waals surface area contributed by atoms with Crippen LogP contribution in [0.25, 0.3) is 0 Å². The number of rotatable bonds is 4. The van der Waals surface area contributed by atoms with E-state index in [9.17, 15) is 29.4 Å². The summed E-state index contributed by atoms with van der Waals surface area (Å²) in [5.41, 5.74) is -5.84. The summed E-state index contributed by atoms with van der Waals surface area (Å²) in [5, 5.41) is 24.8. The molecule has 0 bridgehead atoms.